The number of carbonyl (C=O) groups is 10. The predicted molar refractivity (Wildman–Crippen MR) is 341 cm³/mol. The Balaban J connectivity index is 1.04. The Kier molecular flexibility index (Phi) is 26.0. The number of aliphatic imine (C=N–C) groups is 3. The Morgan fingerprint density at radius 3 is 1.87 bits per heavy atom. The van der Waals surface area contributed by atoms with E-state index in [2.05, 4.69) is 41.6 Å². The molecule has 0 radical (unpaired) electrons. The fraction of sp³-hybridized carbons (Fsp3) is 0.590. The number of carboxylic acids is 1. The van der Waals surface area contributed by atoms with Crippen molar-refractivity contribution >= 4 is 82.7 Å². The average Bonchev–Trinajstić information content (AvgIpc) is 1.74. The number of amides is 9. The molecule has 4 aliphatic heterocycles. The van der Waals surface area contributed by atoms with E-state index in [0.29, 0.717) is 42.5 Å². The van der Waals surface area contributed by atoms with Crippen molar-refractivity contribution < 1.29 is 63.3 Å². The van der Waals surface area contributed by atoms with E-state index < -0.39 is 139 Å². The van der Waals surface area contributed by atoms with Gasteiger partial charge < -0.3 is 96.7 Å². The molecule has 5 aliphatic rings. The van der Waals surface area contributed by atoms with Gasteiger partial charge in [-0.2, -0.15) is 0 Å². The second-order valence-corrected chi connectivity index (χ2v) is 24.3. The van der Waals surface area contributed by atoms with E-state index in [1.165, 1.54) is 14.7 Å². The van der Waals surface area contributed by atoms with Crippen molar-refractivity contribution in [2.75, 3.05) is 50.8 Å². The van der Waals surface area contributed by atoms with Gasteiger partial charge >= 0.3 is 5.97 Å². The zero-order valence-electron chi connectivity index (χ0n) is 52.2. The van der Waals surface area contributed by atoms with Gasteiger partial charge in [-0.3, -0.25) is 63.0 Å². The Labute approximate surface area is 538 Å². The molecule has 32 nitrogen and oxygen atoms in total. The van der Waals surface area contributed by atoms with E-state index in [1.807, 2.05) is 0 Å². The lowest BCUT2D eigenvalue weighted by atomic mass is 9.84. The minimum atomic E-state index is -1.70. The van der Waals surface area contributed by atoms with Crippen LogP contribution < -0.4 is 71.6 Å². The van der Waals surface area contributed by atoms with E-state index in [4.69, 9.17) is 40.1 Å². The third-order valence-corrected chi connectivity index (χ3v) is 17.7. The summed E-state index contributed by atoms with van der Waals surface area (Å²) in [6.45, 7) is -1.38. The van der Waals surface area contributed by atoms with Gasteiger partial charge in [0.25, 0.3) is 5.91 Å². The fourth-order valence-electron chi connectivity index (χ4n) is 13.2. The molecule has 22 N–H and O–H groups in total. The number of hydrogen-bond donors (Lipinski definition) is 15. The molecule has 7 rings (SSSR count). The number of nitrogens with one attached hydrogen (secondary N) is 5. The second kappa shape index (κ2) is 33.9. The van der Waals surface area contributed by atoms with Crippen LogP contribution in [0.1, 0.15) is 107 Å². The largest absolute Gasteiger partial charge is 0.480 e. The van der Waals surface area contributed by atoms with Crippen LogP contribution in [0.15, 0.2) is 69.6 Å². The number of guanidine groups is 3. The van der Waals surface area contributed by atoms with Crippen molar-refractivity contribution in [2.45, 2.75) is 176 Å². The first-order valence-corrected chi connectivity index (χ1v) is 31.8. The third kappa shape index (κ3) is 19.2. The van der Waals surface area contributed by atoms with Crippen LogP contribution in [0.4, 0.5) is 5.69 Å². The molecule has 12 atom stereocenters. The summed E-state index contributed by atoms with van der Waals surface area (Å²) in [5, 5.41) is 45.1. The van der Waals surface area contributed by atoms with E-state index in [1.54, 1.807) is 54.6 Å². The van der Waals surface area contributed by atoms with E-state index in [0.717, 1.165) is 24.2 Å². The lowest BCUT2D eigenvalue weighted by molar-refractivity contribution is -0.148. The molecule has 2 aromatic rings. The van der Waals surface area contributed by atoms with Crippen molar-refractivity contribution in [3.05, 3.63) is 65.7 Å². The summed E-state index contributed by atoms with van der Waals surface area (Å²) in [5.74, 6) is -8.43. The summed E-state index contributed by atoms with van der Waals surface area (Å²) in [7, 11) is 0. The van der Waals surface area contributed by atoms with Crippen LogP contribution in [0, 0.1) is 5.92 Å². The topological polar surface area (TPSA) is 524 Å². The molecule has 9 amide bonds. The minimum Gasteiger partial charge on any atom is -0.480 e. The number of carbonyl (C=O) groups excluding carboxylic acids is 9. The molecule has 0 bridgehead atoms. The fourth-order valence-corrected chi connectivity index (χ4v) is 13.2. The molecule has 4 fully saturated rings. The Hall–Kier alpha value is -9.17. The Morgan fingerprint density at radius 2 is 1.22 bits per heavy atom. The molecule has 3 saturated heterocycles. The zero-order valence-corrected chi connectivity index (χ0v) is 52.2. The third-order valence-electron chi connectivity index (χ3n) is 17.7. The molecule has 0 unspecified atom stereocenters. The molecule has 1 saturated carbocycles. The predicted octanol–water partition coefficient (Wildman–Crippen LogP) is -4.69. The highest BCUT2D eigenvalue weighted by Gasteiger charge is 2.52. The number of β-amino-alcohol motifs (C(OH)–C–C–N with tert-alkyl or cyclic N) is 1. The molecule has 0 spiro atoms. The van der Waals surface area contributed by atoms with Crippen molar-refractivity contribution in [1.82, 2.24) is 41.3 Å². The van der Waals surface area contributed by atoms with Crippen LogP contribution in [-0.2, 0) is 60.8 Å². The standard InChI is InChI=1S/C61H91N19O13/c62-38(16-8-24-69-59(63)64)50(84)74-39(17-9-25-70-60(65)66)54(88)77-27-11-21-45(77)56(90)78-32-37(82)30-47(78)52(86)72-31-49(83)73-41(28-34-12-2-1-3-13-34)51(85)76-42(33-81)55(89)79-43-19-6-4-14-35(43)22-23-46(79)57(91)80-44-20-7-5-15-36(44)29-48(80)53(87)75-40(58(92)93)18-10-26-71-61(67)68/h1-4,6,12-14,19,36-42,44-48,81-82H,5,7-11,15-18,20-33,62H2,(H,72,86)(H,73,83)(H,74,84)(H,75,87)(H,76,85)(H,92,93)(H4,63,64,69)(H4,65,66,70)(H4,67,68,71)/t36-,37+,38-,39-,40-,41-,42-,44-,45-,46+,47-,48-/m0/s1. The van der Waals surface area contributed by atoms with Crippen molar-refractivity contribution in [3.8, 4) is 0 Å². The zero-order chi connectivity index (χ0) is 67.5. The first kappa shape index (κ1) is 71.3. The van der Waals surface area contributed by atoms with Crippen LogP contribution in [0.2, 0.25) is 0 Å². The molecule has 508 valence electrons. The monoisotopic (exact) mass is 1300 g/mol. The number of para-hydroxylation sites is 1. The van der Waals surface area contributed by atoms with E-state index in [-0.39, 0.29) is 121 Å². The molecule has 0 aromatic heterocycles. The van der Waals surface area contributed by atoms with Crippen LogP contribution in [0.25, 0.3) is 0 Å². The summed E-state index contributed by atoms with van der Waals surface area (Å²) in [5.41, 5.74) is 40.5. The molecule has 4 heterocycles. The van der Waals surface area contributed by atoms with Gasteiger partial charge in [0, 0.05) is 57.3 Å². The summed E-state index contributed by atoms with van der Waals surface area (Å²) in [4.78, 5) is 159. The van der Waals surface area contributed by atoms with Gasteiger partial charge in [-0.05, 0) is 107 Å². The summed E-state index contributed by atoms with van der Waals surface area (Å²) in [6, 6.07) is 3.62. The van der Waals surface area contributed by atoms with Gasteiger partial charge in [0.15, 0.2) is 17.9 Å². The number of aliphatic hydroxyl groups excluding tert-OH is 2. The molecule has 32 heteroatoms. The number of nitrogens with two attached hydrogens (primary N) is 7. The maximum absolute atomic E-state index is 15.4. The highest BCUT2D eigenvalue weighted by molar-refractivity contribution is 6.07. The van der Waals surface area contributed by atoms with Gasteiger partial charge in [-0.25, -0.2) is 4.79 Å². The number of hydrogen-bond acceptors (Lipinski definition) is 16. The van der Waals surface area contributed by atoms with Gasteiger partial charge in [-0.1, -0.05) is 61.4 Å². The quantitative estimate of drug-likeness (QED) is 0.0199. The minimum absolute atomic E-state index is 0.00197. The van der Waals surface area contributed by atoms with Gasteiger partial charge in [0.1, 0.15) is 48.3 Å². The highest BCUT2D eigenvalue weighted by Crippen LogP contribution is 2.42. The number of likely N-dealkylation sites (tertiary alicyclic amines) is 3. The number of anilines is 1. The maximum atomic E-state index is 15.4. The first-order chi connectivity index (χ1) is 44.5. The molecule has 2 aromatic carbocycles. The lowest BCUT2D eigenvalue weighted by Gasteiger charge is -2.42. The highest BCUT2D eigenvalue weighted by atomic mass is 16.4. The summed E-state index contributed by atoms with van der Waals surface area (Å²) in [6.07, 6.45) is 3.75. The number of benzene rings is 2. The van der Waals surface area contributed by atoms with Crippen LogP contribution >= 0.6 is 0 Å². The van der Waals surface area contributed by atoms with Crippen molar-refractivity contribution in [3.63, 3.8) is 0 Å². The van der Waals surface area contributed by atoms with Crippen LogP contribution in [0.3, 0.4) is 0 Å². The van der Waals surface area contributed by atoms with E-state index >= 15 is 9.59 Å². The Bertz CT molecular complexity index is 3090. The average molecular weight is 1300 g/mol. The van der Waals surface area contributed by atoms with E-state index in [9.17, 15) is 53.7 Å². The number of nitrogens with zero attached hydrogens (tertiary/aromatic N) is 7. The normalized spacial score (nSPS) is 22.2. The lowest BCUT2D eigenvalue weighted by Crippen LogP contribution is -2.63. The number of aliphatic hydroxyl groups is 2. The van der Waals surface area contributed by atoms with Gasteiger partial charge in [-0.15, -0.1) is 0 Å². The molecule has 93 heavy (non-hydrogen) atoms. The maximum Gasteiger partial charge on any atom is 0.326 e. The SMILES string of the molecule is NC(N)=NCCC[C@H](NC(=O)[C@@H]1C[C@@H]2CCCC[C@@H]2N1C(=O)[C@H]1CCc2ccccc2N1C(=O)[C@H](CO)NC(=O)[C@H](Cc1ccccc1)NC(=O)CNC(=O)[C@@H]1C[C@@H](O)CN1C(=O)[C@@H]1CCCN1C(=O)[C@H](CCCN=C(N)N)NC(=O)[C@@H](N)CCCN=C(N)N)C(=O)O. The van der Waals surface area contributed by atoms with Crippen LogP contribution in [0.5, 0.6) is 0 Å². The van der Waals surface area contributed by atoms with Crippen molar-refractivity contribution in [2.24, 2.45) is 61.0 Å². The first-order valence-electron chi connectivity index (χ1n) is 31.8. The number of fused-ring (bicyclic) bond motifs is 2. The van der Waals surface area contributed by atoms with Gasteiger partial charge in [0.05, 0.1) is 25.3 Å². The smallest absolute Gasteiger partial charge is 0.326 e. The molecule has 1 aliphatic carbocycles. The summed E-state index contributed by atoms with van der Waals surface area (Å²) < 4.78 is 0. The van der Waals surface area contributed by atoms with Gasteiger partial charge in [0.2, 0.25) is 47.3 Å². The van der Waals surface area contributed by atoms with Crippen LogP contribution in [-0.4, -0.2) is 219 Å². The number of aliphatic carboxylic acids is 1. The molecular formula is C61H91N19O13. The Morgan fingerprint density at radius 1 is 0.591 bits per heavy atom. The second-order valence-electron chi connectivity index (χ2n) is 24.3. The van der Waals surface area contributed by atoms with Crippen molar-refractivity contribution in [1.29, 1.82) is 0 Å². The summed E-state index contributed by atoms with van der Waals surface area (Å²) >= 11 is 0. The molecular weight excluding hydrogens is 1210 g/mol. The number of carboxylic acid groups (broad SMARTS) is 1. The number of rotatable bonds is 30. The number of aryl methyl sites for hydroxylation is 1.